The number of sulfonamides is 1. The van der Waals surface area contributed by atoms with E-state index in [-0.39, 0.29) is 15.6 Å². The van der Waals surface area contributed by atoms with Crippen LogP contribution in [0, 0.1) is 6.92 Å². The average Bonchev–Trinajstić information content (AvgIpc) is 3.05. The van der Waals surface area contributed by atoms with Crippen LogP contribution in [0.1, 0.15) is 26.9 Å². The number of aromatic carboxylic acids is 1. The zero-order valence-electron chi connectivity index (χ0n) is 10.9. The van der Waals surface area contributed by atoms with Crippen molar-refractivity contribution in [3.05, 3.63) is 38.9 Å². The number of aryl methyl sites for hydroxylation is 1. The molecule has 9 heteroatoms. The number of hydrogen-bond acceptors (Lipinski definition) is 6. The van der Waals surface area contributed by atoms with Gasteiger partial charge >= 0.3 is 5.97 Å². The van der Waals surface area contributed by atoms with Crippen molar-refractivity contribution in [2.75, 3.05) is 6.54 Å². The minimum absolute atomic E-state index is 0.00578. The number of thiophene rings is 2. The lowest BCUT2D eigenvalue weighted by molar-refractivity contribution is 0.0701. The number of nitrogens with one attached hydrogen (secondary N) is 1. The van der Waals surface area contributed by atoms with Crippen LogP contribution >= 0.6 is 22.7 Å². The Hall–Kier alpha value is -1.26. The second kappa shape index (κ2) is 6.24. The van der Waals surface area contributed by atoms with E-state index in [0.717, 1.165) is 0 Å². The zero-order chi connectivity index (χ0) is 15.6. The van der Waals surface area contributed by atoms with Crippen LogP contribution in [-0.2, 0) is 10.0 Å². The van der Waals surface area contributed by atoms with E-state index in [9.17, 15) is 18.3 Å². The van der Waals surface area contributed by atoms with Crippen molar-refractivity contribution in [1.82, 2.24) is 4.72 Å². The van der Waals surface area contributed by atoms with Crippen molar-refractivity contribution in [2.24, 2.45) is 0 Å². The molecule has 0 spiro atoms. The van der Waals surface area contributed by atoms with Crippen LogP contribution in [-0.4, -0.2) is 31.1 Å². The van der Waals surface area contributed by atoms with Gasteiger partial charge in [0.1, 0.15) is 9.09 Å². The molecule has 0 aromatic carbocycles. The summed E-state index contributed by atoms with van der Waals surface area (Å²) in [5, 5.41) is 22.3. The Kier molecular flexibility index (Phi) is 4.79. The van der Waals surface area contributed by atoms with Crippen LogP contribution in [0.15, 0.2) is 27.1 Å². The minimum Gasteiger partial charge on any atom is -0.477 e. The molecule has 21 heavy (non-hydrogen) atoms. The van der Waals surface area contributed by atoms with Crippen molar-refractivity contribution >= 4 is 38.7 Å². The van der Waals surface area contributed by atoms with Crippen LogP contribution in [0.25, 0.3) is 0 Å². The molecule has 0 aliphatic rings. The molecule has 0 saturated heterocycles. The number of aliphatic hydroxyl groups is 1. The van der Waals surface area contributed by atoms with Crippen LogP contribution in [0.5, 0.6) is 0 Å². The first-order valence-electron chi connectivity index (χ1n) is 5.85. The second-order valence-electron chi connectivity index (χ2n) is 4.31. The maximum atomic E-state index is 12.1. The summed E-state index contributed by atoms with van der Waals surface area (Å²) in [6.45, 7) is 1.37. The summed E-state index contributed by atoms with van der Waals surface area (Å²) < 4.78 is 26.4. The molecule has 0 saturated carbocycles. The molecule has 0 aliphatic carbocycles. The summed E-state index contributed by atoms with van der Waals surface area (Å²) in [4.78, 5) is 10.9. The molecule has 0 amide bonds. The number of hydrogen-bond donors (Lipinski definition) is 3. The van der Waals surface area contributed by atoms with Gasteiger partial charge in [0.15, 0.2) is 0 Å². The first kappa shape index (κ1) is 16.1. The van der Waals surface area contributed by atoms with Crippen molar-refractivity contribution in [3.63, 3.8) is 0 Å². The van der Waals surface area contributed by atoms with Crippen LogP contribution in [0.2, 0.25) is 0 Å². The highest BCUT2D eigenvalue weighted by Crippen LogP contribution is 2.26. The number of rotatable bonds is 6. The number of carboxylic acids is 1. The lowest BCUT2D eigenvalue weighted by Gasteiger charge is -2.10. The van der Waals surface area contributed by atoms with Gasteiger partial charge < -0.3 is 10.2 Å². The van der Waals surface area contributed by atoms with Gasteiger partial charge in [-0.15, -0.1) is 11.3 Å². The highest BCUT2D eigenvalue weighted by molar-refractivity contribution is 7.91. The standard InChI is InChI=1S/C12H13NO5S3/c1-7-4-10(20-11(7)12(15)16)21(17,18)13-5-9(14)8-2-3-19-6-8/h2-4,6,9,13-14H,5H2,1H3,(H,15,16). The predicted octanol–water partition coefficient (Wildman–Crippen LogP) is 1.83. The van der Waals surface area contributed by atoms with Gasteiger partial charge in [0.25, 0.3) is 0 Å². The zero-order valence-corrected chi connectivity index (χ0v) is 13.4. The summed E-state index contributed by atoms with van der Waals surface area (Å²) in [5.41, 5.74) is 1.03. The molecular weight excluding hydrogens is 334 g/mol. The fourth-order valence-electron chi connectivity index (χ4n) is 1.64. The van der Waals surface area contributed by atoms with Gasteiger partial charge in [0.05, 0.1) is 6.10 Å². The summed E-state index contributed by atoms with van der Waals surface area (Å²) >= 11 is 2.10. The molecule has 1 unspecified atom stereocenters. The smallest absolute Gasteiger partial charge is 0.346 e. The van der Waals surface area contributed by atoms with Crippen LogP contribution < -0.4 is 4.72 Å². The number of aliphatic hydroxyl groups excluding tert-OH is 1. The first-order valence-corrected chi connectivity index (χ1v) is 9.09. The Morgan fingerprint density at radius 1 is 1.48 bits per heavy atom. The lowest BCUT2D eigenvalue weighted by atomic mass is 10.2. The van der Waals surface area contributed by atoms with E-state index in [2.05, 4.69) is 4.72 Å². The molecule has 2 aromatic rings. The summed E-state index contributed by atoms with van der Waals surface area (Å²) in [6, 6.07) is 3.02. The highest BCUT2D eigenvalue weighted by Gasteiger charge is 2.22. The summed E-state index contributed by atoms with van der Waals surface area (Å²) in [5.74, 6) is -1.16. The van der Waals surface area contributed by atoms with E-state index in [1.54, 1.807) is 23.8 Å². The summed E-state index contributed by atoms with van der Waals surface area (Å²) in [7, 11) is -3.83. The number of carbonyl (C=O) groups is 1. The third-order valence-corrected chi connectivity index (χ3v) is 6.57. The van der Waals surface area contributed by atoms with E-state index in [0.29, 0.717) is 22.5 Å². The molecule has 2 aromatic heterocycles. The fourth-order valence-corrected chi connectivity index (χ4v) is 4.81. The fraction of sp³-hybridized carbons (Fsp3) is 0.250. The maximum absolute atomic E-state index is 12.1. The topological polar surface area (TPSA) is 104 Å². The SMILES string of the molecule is Cc1cc(S(=O)(=O)NCC(O)c2ccsc2)sc1C(=O)O. The first-order chi connectivity index (χ1) is 9.81. The third-order valence-electron chi connectivity index (χ3n) is 2.75. The monoisotopic (exact) mass is 347 g/mol. The molecule has 2 heterocycles. The van der Waals surface area contributed by atoms with Crippen molar-refractivity contribution in [1.29, 1.82) is 0 Å². The molecule has 3 N–H and O–H groups in total. The van der Waals surface area contributed by atoms with E-state index in [4.69, 9.17) is 5.11 Å². The minimum atomic E-state index is -3.83. The van der Waals surface area contributed by atoms with Crippen molar-refractivity contribution < 1.29 is 23.4 Å². The van der Waals surface area contributed by atoms with Gasteiger partial charge in [-0.05, 0) is 40.9 Å². The molecule has 114 valence electrons. The molecule has 0 fully saturated rings. The molecule has 2 rings (SSSR count). The lowest BCUT2D eigenvalue weighted by Crippen LogP contribution is -2.27. The Morgan fingerprint density at radius 2 is 2.19 bits per heavy atom. The Morgan fingerprint density at radius 3 is 2.71 bits per heavy atom. The Balaban J connectivity index is 2.12. The van der Waals surface area contributed by atoms with Gasteiger partial charge in [-0.1, -0.05) is 0 Å². The highest BCUT2D eigenvalue weighted by atomic mass is 32.2. The van der Waals surface area contributed by atoms with Crippen molar-refractivity contribution in [3.8, 4) is 0 Å². The normalized spacial score (nSPS) is 13.2. The van der Waals surface area contributed by atoms with Gasteiger partial charge in [-0.2, -0.15) is 11.3 Å². The van der Waals surface area contributed by atoms with E-state index in [1.165, 1.54) is 17.4 Å². The van der Waals surface area contributed by atoms with Crippen LogP contribution in [0.3, 0.4) is 0 Å². The Labute approximate surface area is 129 Å². The van der Waals surface area contributed by atoms with E-state index in [1.807, 2.05) is 0 Å². The maximum Gasteiger partial charge on any atom is 0.346 e. The summed E-state index contributed by atoms with van der Waals surface area (Å²) in [6.07, 6.45) is -0.939. The van der Waals surface area contributed by atoms with Crippen LogP contribution in [0.4, 0.5) is 0 Å². The molecule has 0 bridgehead atoms. The van der Waals surface area contributed by atoms with Gasteiger partial charge in [0, 0.05) is 6.54 Å². The number of carboxylic acid groups (broad SMARTS) is 1. The molecule has 6 nitrogen and oxygen atoms in total. The quantitative estimate of drug-likeness (QED) is 0.739. The molecule has 0 aliphatic heterocycles. The molecule has 1 atom stereocenters. The average molecular weight is 347 g/mol. The molecular formula is C12H13NO5S3. The Bertz CT molecular complexity index is 733. The van der Waals surface area contributed by atoms with Gasteiger partial charge in [-0.25, -0.2) is 17.9 Å². The third kappa shape index (κ3) is 3.69. The largest absolute Gasteiger partial charge is 0.477 e. The molecule has 0 radical (unpaired) electrons. The predicted molar refractivity (Wildman–Crippen MR) is 80.5 cm³/mol. The van der Waals surface area contributed by atoms with Crippen molar-refractivity contribution in [2.45, 2.75) is 17.2 Å². The second-order valence-corrected chi connectivity index (χ2v) is 8.13. The van der Waals surface area contributed by atoms with Gasteiger partial charge in [-0.3, -0.25) is 0 Å². The van der Waals surface area contributed by atoms with E-state index < -0.39 is 22.1 Å². The van der Waals surface area contributed by atoms with E-state index >= 15 is 0 Å². The van der Waals surface area contributed by atoms with Gasteiger partial charge in [0.2, 0.25) is 10.0 Å².